The highest BCUT2D eigenvalue weighted by atomic mass is 35.5. The van der Waals surface area contributed by atoms with Gasteiger partial charge in [0.25, 0.3) is 5.91 Å². The summed E-state index contributed by atoms with van der Waals surface area (Å²) in [6.07, 6.45) is 7.49. The quantitative estimate of drug-likeness (QED) is 0.733. The predicted octanol–water partition coefficient (Wildman–Crippen LogP) is 3.86. The Morgan fingerprint density at radius 3 is 2.26 bits per heavy atom. The summed E-state index contributed by atoms with van der Waals surface area (Å²) in [5, 5.41) is 2.95. The Bertz CT molecular complexity index is 684. The topological polar surface area (TPSA) is 71.2 Å². The van der Waals surface area contributed by atoms with Gasteiger partial charge in [-0.3, -0.25) is 4.79 Å². The van der Waals surface area contributed by atoms with Crippen LogP contribution >= 0.6 is 24.8 Å². The molecular formula is C20H28Cl2N4O. The molecule has 3 rings (SSSR count). The van der Waals surface area contributed by atoms with Crippen molar-refractivity contribution in [2.24, 2.45) is 0 Å². The number of nitrogens with zero attached hydrogens (tertiary/aromatic N) is 2. The van der Waals surface area contributed by atoms with E-state index in [1.807, 2.05) is 36.4 Å². The van der Waals surface area contributed by atoms with E-state index in [1.165, 1.54) is 25.7 Å². The minimum Gasteiger partial charge on any atom is -0.399 e. The molecule has 0 aliphatic carbocycles. The molecule has 27 heavy (non-hydrogen) atoms. The number of pyridine rings is 1. The first-order valence-electron chi connectivity index (χ1n) is 9.06. The van der Waals surface area contributed by atoms with Gasteiger partial charge in [0, 0.05) is 31.5 Å². The smallest absolute Gasteiger partial charge is 0.252 e. The normalized spacial score (nSPS) is 13.7. The number of nitrogens with one attached hydrogen (secondary N) is 1. The van der Waals surface area contributed by atoms with Crippen LogP contribution in [-0.4, -0.2) is 30.5 Å². The van der Waals surface area contributed by atoms with Crippen molar-refractivity contribution in [3.63, 3.8) is 0 Å². The number of amides is 1. The molecular weight excluding hydrogens is 383 g/mol. The van der Waals surface area contributed by atoms with E-state index in [0.29, 0.717) is 12.1 Å². The number of anilines is 2. The molecule has 1 aromatic heterocycles. The van der Waals surface area contributed by atoms with Crippen LogP contribution < -0.4 is 16.0 Å². The zero-order chi connectivity index (χ0) is 17.5. The molecule has 1 amide bonds. The molecule has 0 radical (unpaired) electrons. The summed E-state index contributed by atoms with van der Waals surface area (Å²) in [5.74, 6) is 0.894. The number of rotatable bonds is 5. The van der Waals surface area contributed by atoms with Crippen LogP contribution in [0.1, 0.15) is 41.6 Å². The minimum absolute atomic E-state index is 0. The lowest BCUT2D eigenvalue weighted by molar-refractivity contribution is 0.0954. The number of halogens is 2. The van der Waals surface area contributed by atoms with Crippen LogP contribution in [-0.2, 0) is 6.42 Å². The Morgan fingerprint density at radius 2 is 1.67 bits per heavy atom. The van der Waals surface area contributed by atoms with Crippen LogP contribution in [0.3, 0.4) is 0 Å². The molecule has 0 atom stereocenters. The molecule has 1 aliphatic rings. The van der Waals surface area contributed by atoms with Gasteiger partial charge in [0.2, 0.25) is 0 Å². The second kappa shape index (κ2) is 11.7. The van der Waals surface area contributed by atoms with Crippen molar-refractivity contribution in [1.29, 1.82) is 0 Å². The van der Waals surface area contributed by atoms with Gasteiger partial charge in [0.1, 0.15) is 5.82 Å². The number of carbonyl (C=O) groups is 1. The first kappa shape index (κ1) is 23.1. The highest BCUT2D eigenvalue weighted by molar-refractivity contribution is 5.94. The van der Waals surface area contributed by atoms with Crippen molar-refractivity contribution in [3.8, 4) is 0 Å². The standard InChI is InChI=1S/C20H26N4O.2ClH/c21-18-8-5-16(6-9-18)11-12-22-20(25)17-7-10-19(23-15-17)24-13-3-1-2-4-14-24;;/h5-10,15H,1-4,11-14,21H2,(H,22,25);2*1H. The van der Waals surface area contributed by atoms with Gasteiger partial charge in [-0.05, 0) is 49.1 Å². The average Bonchev–Trinajstić information content (AvgIpc) is 2.93. The second-order valence-electron chi connectivity index (χ2n) is 6.55. The largest absolute Gasteiger partial charge is 0.399 e. The van der Waals surface area contributed by atoms with E-state index >= 15 is 0 Å². The zero-order valence-corrected chi connectivity index (χ0v) is 17.0. The van der Waals surface area contributed by atoms with E-state index in [0.717, 1.165) is 36.6 Å². The average molecular weight is 411 g/mol. The highest BCUT2D eigenvalue weighted by Gasteiger charge is 2.12. The van der Waals surface area contributed by atoms with E-state index in [-0.39, 0.29) is 30.7 Å². The fourth-order valence-electron chi connectivity index (χ4n) is 3.11. The Hall–Kier alpha value is -1.98. The second-order valence-corrected chi connectivity index (χ2v) is 6.55. The summed E-state index contributed by atoms with van der Waals surface area (Å²) in [4.78, 5) is 19.1. The molecule has 1 fully saturated rings. The van der Waals surface area contributed by atoms with E-state index in [1.54, 1.807) is 6.20 Å². The van der Waals surface area contributed by atoms with E-state index in [2.05, 4.69) is 15.2 Å². The molecule has 7 heteroatoms. The molecule has 0 unspecified atom stereocenters. The van der Waals surface area contributed by atoms with Crippen LogP contribution in [0.2, 0.25) is 0 Å². The number of aromatic nitrogens is 1. The molecule has 0 bridgehead atoms. The fraction of sp³-hybridized carbons (Fsp3) is 0.400. The maximum Gasteiger partial charge on any atom is 0.252 e. The van der Waals surface area contributed by atoms with Crippen LogP contribution in [0.4, 0.5) is 11.5 Å². The van der Waals surface area contributed by atoms with Crippen molar-refractivity contribution < 1.29 is 4.79 Å². The third kappa shape index (κ3) is 6.92. The molecule has 148 valence electrons. The van der Waals surface area contributed by atoms with E-state index in [9.17, 15) is 4.79 Å². The van der Waals surface area contributed by atoms with Gasteiger partial charge in [-0.15, -0.1) is 24.8 Å². The fourth-order valence-corrected chi connectivity index (χ4v) is 3.11. The first-order valence-corrected chi connectivity index (χ1v) is 9.06. The maximum atomic E-state index is 12.2. The lowest BCUT2D eigenvalue weighted by Crippen LogP contribution is -2.27. The van der Waals surface area contributed by atoms with Crippen molar-refractivity contribution in [2.45, 2.75) is 32.1 Å². The lowest BCUT2D eigenvalue weighted by Gasteiger charge is -2.21. The number of carbonyl (C=O) groups excluding carboxylic acids is 1. The van der Waals surface area contributed by atoms with Gasteiger partial charge in [-0.2, -0.15) is 0 Å². The van der Waals surface area contributed by atoms with Gasteiger partial charge in [-0.25, -0.2) is 4.98 Å². The monoisotopic (exact) mass is 410 g/mol. The number of hydrogen-bond acceptors (Lipinski definition) is 4. The van der Waals surface area contributed by atoms with Gasteiger partial charge in [0.05, 0.1) is 5.56 Å². The minimum atomic E-state index is -0.0784. The molecule has 2 heterocycles. The van der Waals surface area contributed by atoms with Crippen LogP contribution in [0, 0.1) is 0 Å². The number of benzene rings is 1. The van der Waals surface area contributed by atoms with E-state index < -0.39 is 0 Å². The Morgan fingerprint density at radius 1 is 1.00 bits per heavy atom. The van der Waals surface area contributed by atoms with E-state index in [4.69, 9.17) is 5.73 Å². The molecule has 1 saturated heterocycles. The van der Waals surface area contributed by atoms with Crippen LogP contribution in [0.25, 0.3) is 0 Å². The number of nitrogen functional groups attached to an aromatic ring is 1. The van der Waals surface area contributed by atoms with Crippen LogP contribution in [0.15, 0.2) is 42.6 Å². The molecule has 0 spiro atoms. The molecule has 5 nitrogen and oxygen atoms in total. The van der Waals surface area contributed by atoms with Crippen molar-refractivity contribution >= 4 is 42.2 Å². The zero-order valence-electron chi connectivity index (χ0n) is 15.4. The molecule has 1 aliphatic heterocycles. The summed E-state index contributed by atoms with van der Waals surface area (Å²) in [7, 11) is 0. The summed E-state index contributed by atoms with van der Waals surface area (Å²) < 4.78 is 0. The third-order valence-electron chi connectivity index (χ3n) is 4.62. The van der Waals surface area contributed by atoms with Gasteiger partial charge < -0.3 is 16.0 Å². The van der Waals surface area contributed by atoms with Gasteiger partial charge >= 0.3 is 0 Å². The maximum absolute atomic E-state index is 12.2. The Balaban J connectivity index is 0.00000182. The van der Waals surface area contributed by atoms with Crippen molar-refractivity contribution in [3.05, 3.63) is 53.7 Å². The Kier molecular flexibility index (Phi) is 9.97. The summed E-state index contributed by atoms with van der Waals surface area (Å²) in [6.45, 7) is 2.71. The van der Waals surface area contributed by atoms with Gasteiger partial charge in [0.15, 0.2) is 0 Å². The van der Waals surface area contributed by atoms with Crippen molar-refractivity contribution in [1.82, 2.24) is 10.3 Å². The highest BCUT2D eigenvalue weighted by Crippen LogP contribution is 2.17. The molecule has 3 N–H and O–H groups in total. The summed E-state index contributed by atoms with van der Waals surface area (Å²) in [5.41, 5.74) is 8.19. The Labute approximate surface area is 173 Å². The SMILES string of the molecule is Cl.Cl.Nc1ccc(CCNC(=O)c2ccc(N3CCCCCC3)nc2)cc1. The van der Waals surface area contributed by atoms with Gasteiger partial charge in [-0.1, -0.05) is 25.0 Å². The molecule has 1 aromatic carbocycles. The number of nitrogens with two attached hydrogens (primary N) is 1. The van der Waals surface area contributed by atoms with Crippen LogP contribution in [0.5, 0.6) is 0 Å². The summed E-state index contributed by atoms with van der Waals surface area (Å²) in [6, 6.07) is 11.6. The lowest BCUT2D eigenvalue weighted by atomic mass is 10.1. The summed E-state index contributed by atoms with van der Waals surface area (Å²) >= 11 is 0. The predicted molar refractivity (Wildman–Crippen MR) is 116 cm³/mol. The molecule has 2 aromatic rings. The van der Waals surface area contributed by atoms with Crippen molar-refractivity contribution in [2.75, 3.05) is 30.3 Å². The third-order valence-corrected chi connectivity index (χ3v) is 4.62. The molecule has 0 saturated carbocycles. The first-order chi connectivity index (χ1) is 12.2. The number of hydrogen-bond donors (Lipinski definition) is 2.